The monoisotopic (exact) mass is 372 g/mol. The molecule has 140 valence electrons. The highest BCUT2D eigenvalue weighted by Crippen LogP contribution is 2.19. The van der Waals surface area contributed by atoms with Crippen molar-refractivity contribution in [3.8, 4) is 0 Å². The van der Waals surface area contributed by atoms with Crippen molar-refractivity contribution in [2.45, 2.75) is 6.54 Å². The molecule has 0 aliphatic rings. The first-order valence-electron chi connectivity index (χ1n) is 8.97. The van der Waals surface area contributed by atoms with Crippen LogP contribution < -0.4 is 5.73 Å². The molecule has 0 atom stereocenters. The lowest BCUT2D eigenvalue weighted by atomic mass is 10.1. The van der Waals surface area contributed by atoms with Crippen LogP contribution in [0.4, 0.5) is 0 Å². The summed E-state index contributed by atoms with van der Waals surface area (Å²) in [4.78, 5) is 17.7. The molecule has 7 nitrogen and oxygen atoms in total. The van der Waals surface area contributed by atoms with Crippen molar-refractivity contribution in [2.75, 3.05) is 13.2 Å². The Morgan fingerprint density at radius 3 is 2.89 bits per heavy atom. The van der Waals surface area contributed by atoms with Crippen molar-refractivity contribution in [1.82, 2.24) is 19.5 Å². The Kier molecular flexibility index (Phi) is 5.07. The zero-order valence-corrected chi connectivity index (χ0v) is 15.2. The molecule has 0 fully saturated rings. The molecule has 3 heterocycles. The Balaban J connectivity index is 1.67. The molecule has 1 aromatic carbocycles. The number of nitrogens with two attached hydrogens (primary N) is 1. The van der Waals surface area contributed by atoms with Gasteiger partial charge in [0.15, 0.2) is 5.65 Å². The molecule has 0 saturated heterocycles. The van der Waals surface area contributed by atoms with E-state index in [9.17, 15) is 0 Å². The molecule has 0 aliphatic carbocycles. The zero-order valence-electron chi connectivity index (χ0n) is 15.2. The van der Waals surface area contributed by atoms with Gasteiger partial charge in [-0.2, -0.15) is 0 Å². The summed E-state index contributed by atoms with van der Waals surface area (Å²) in [5.41, 5.74) is 10.9. The molecule has 0 bridgehead atoms. The second-order valence-corrected chi connectivity index (χ2v) is 6.32. The molecule has 0 radical (unpaired) electrons. The molecule has 28 heavy (non-hydrogen) atoms. The summed E-state index contributed by atoms with van der Waals surface area (Å²) in [7, 11) is 0. The van der Waals surface area contributed by atoms with Crippen LogP contribution >= 0.6 is 0 Å². The highest BCUT2D eigenvalue weighted by Gasteiger charge is 2.09. The second kappa shape index (κ2) is 7.98. The number of rotatable bonds is 6. The van der Waals surface area contributed by atoms with E-state index in [0.717, 1.165) is 27.6 Å². The van der Waals surface area contributed by atoms with Gasteiger partial charge in [0, 0.05) is 29.6 Å². The largest absolute Gasteiger partial charge is 0.404 e. The zero-order chi connectivity index (χ0) is 19.3. The smallest absolute Gasteiger partial charge is 0.160 e. The average Bonchev–Trinajstić information content (AvgIpc) is 3.13. The van der Waals surface area contributed by atoms with Gasteiger partial charge in [-0.3, -0.25) is 9.98 Å². The van der Waals surface area contributed by atoms with E-state index in [0.29, 0.717) is 24.4 Å². The number of hydrogen-bond donors (Lipinski definition) is 2. The quantitative estimate of drug-likeness (QED) is 0.506. The fraction of sp³-hybridized carbons (Fsp3) is 0.143. The van der Waals surface area contributed by atoms with Crippen LogP contribution in [0.25, 0.3) is 27.6 Å². The normalized spacial score (nSPS) is 12.4. The Morgan fingerprint density at radius 2 is 2.04 bits per heavy atom. The third-order valence-corrected chi connectivity index (χ3v) is 4.42. The Labute approximate surface area is 161 Å². The highest BCUT2D eigenvalue weighted by atomic mass is 16.3. The number of imidazole rings is 1. The molecule has 0 spiro atoms. The maximum Gasteiger partial charge on any atom is 0.160 e. The maximum absolute atomic E-state index is 8.88. The van der Waals surface area contributed by atoms with Gasteiger partial charge in [-0.15, -0.1) is 0 Å². The van der Waals surface area contributed by atoms with Gasteiger partial charge in [0.2, 0.25) is 0 Å². The number of aliphatic imine (C=N–C) groups is 1. The van der Waals surface area contributed by atoms with E-state index in [1.807, 2.05) is 28.8 Å². The van der Waals surface area contributed by atoms with Gasteiger partial charge in [-0.1, -0.05) is 12.1 Å². The van der Waals surface area contributed by atoms with Crippen molar-refractivity contribution in [3.63, 3.8) is 0 Å². The predicted molar refractivity (Wildman–Crippen MR) is 111 cm³/mol. The number of aliphatic hydroxyl groups excluding tert-OH is 1. The summed E-state index contributed by atoms with van der Waals surface area (Å²) in [6.07, 6.45) is 6.68. The number of nitrogens with zero attached hydrogens (tertiary/aromatic N) is 5. The molecular formula is C21H20N6O. The molecule has 3 N–H and O–H groups in total. The molecule has 0 aliphatic heterocycles. The maximum atomic E-state index is 8.88. The molecule has 4 rings (SSSR count). The van der Waals surface area contributed by atoms with Crippen molar-refractivity contribution >= 4 is 33.9 Å². The summed E-state index contributed by atoms with van der Waals surface area (Å²) < 4.78 is 2.01. The van der Waals surface area contributed by atoms with Crippen LogP contribution in [-0.2, 0) is 6.54 Å². The minimum Gasteiger partial charge on any atom is -0.404 e. The summed E-state index contributed by atoms with van der Waals surface area (Å²) in [5.74, 6) is 0. The lowest BCUT2D eigenvalue weighted by molar-refractivity contribution is 0.307. The van der Waals surface area contributed by atoms with Crippen LogP contribution in [0.3, 0.4) is 0 Å². The second-order valence-electron chi connectivity index (χ2n) is 6.32. The first-order valence-corrected chi connectivity index (χ1v) is 8.97. The van der Waals surface area contributed by atoms with Gasteiger partial charge in [0.05, 0.1) is 37.2 Å². The first-order chi connectivity index (χ1) is 13.8. The predicted octanol–water partition coefficient (Wildman–Crippen LogP) is 2.39. The fourth-order valence-corrected chi connectivity index (χ4v) is 3.05. The van der Waals surface area contributed by atoms with Crippen LogP contribution in [-0.4, -0.2) is 44.0 Å². The Hall–Kier alpha value is -3.58. The van der Waals surface area contributed by atoms with Crippen LogP contribution in [0.2, 0.25) is 0 Å². The average molecular weight is 372 g/mol. The number of aromatic nitrogens is 4. The topological polar surface area (TPSA) is 102 Å². The van der Waals surface area contributed by atoms with E-state index in [2.05, 4.69) is 33.2 Å². The van der Waals surface area contributed by atoms with Gasteiger partial charge >= 0.3 is 0 Å². The van der Waals surface area contributed by atoms with Gasteiger partial charge < -0.3 is 15.4 Å². The third kappa shape index (κ3) is 3.60. The van der Waals surface area contributed by atoms with E-state index in [-0.39, 0.29) is 6.61 Å². The number of allylic oxidation sites excluding steroid dienone is 1. The van der Waals surface area contributed by atoms with Gasteiger partial charge in [0.1, 0.15) is 5.52 Å². The first kappa shape index (κ1) is 17.8. The summed E-state index contributed by atoms with van der Waals surface area (Å²) in [5, 5.41) is 9.99. The number of benzene rings is 1. The number of fused-ring (bicyclic) bond motifs is 2. The minimum atomic E-state index is -0.00510. The lowest BCUT2D eigenvalue weighted by Crippen LogP contribution is -2.02. The summed E-state index contributed by atoms with van der Waals surface area (Å²) in [6.45, 7) is 0.973. The highest BCUT2D eigenvalue weighted by molar-refractivity contribution is 6.09. The molecular weight excluding hydrogens is 352 g/mol. The molecule has 0 amide bonds. The van der Waals surface area contributed by atoms with E-state index < -0.39 is 0 Å². The Morgan fingerprint density at radius 1 is 1.14 bits per heavy atom. The lowest BCUT2D eigenvalue weighted by Gasteiger charge is -2.07. The van der Waals surface area contributed by atoms with Crippen LogP contribution in [0.1, 0.15) is 11.3 Å². The number of hydrogen-bond acceptors (Lipinski definition) is 6. The molecule has 7 heteroatoms. The number of pyridine rings is 2. The minimum absolute atomic E-state index is 0.00510. The van der Waals surface area contributed by atoms with Crippen LogP contribution in [0, 0.1) is 0 Å². The van der Waals surface area contributed by atoms with Gasteiger partial charge in [-0.25, -0.2) is 9.97 Å². The number of aliphatic hydroxyl groups is 1. The molecule has 3 aromatic heterocycles. The van der Waals surface area contributed by atoms with Crippen molar-refractivity contribution in [3.05, 3.63) is 72.4 Å². The van der Waals surface area contributed by atoms with Gasteiger partial charge in [-0.05, 0) is 35.9 Å². The standard InChI is InChI=1S/C21H20N6O/c22-11-17(12-23-8-9-28)19-5-6-20-21(26-19)27(14-25-20)13-15-3-4-18-16(10-15)2-1-7-24-18/h1-7,10-12,14,28H,8-9,13,22H2. The summed E-state index contributed by atoms with van der Waals surface area (Å²) in [6, 6.07) is 14.0. The van der Waals surface area contributed by atoms with Crippen molar-refractivity contribution < 1.29 is 5.11 Å². The third-order valence-electron chi connectivity index (χ3n) is 4.42. The van der Waals surface area contributed by atoms with Crippen molar-refractivity contribution in [1.29, 1.82) is 0 Å². The van der Waals surface area contributed by atoms with E-state index in [4.69, 9.17) is 15.8 Å². The van der Waals surface area contributed by atoms with Crippen molar-refractivity contribution in [2.24, 2.45) is 10.7 Å². The SMILES string of the molecule is NC=C(C=NCCO)c1ccc2ncn(Cc3ccc4ncccc4c3)c2n1. The van der Waals surface area contributed by atoms with Gasteiger partial charge in [0.25, 0.3) is 0 Å². The summed E-state index contributed by atoms with van der Waals surface area (Å²) >= 11 is 0. The van der Waals surface area contributed by atoms with E-state index in [1.165, 1.54) is 6.20 Å². The molecule has 0 saturated carbocycles. The fourth-order valence-electron chi connectivity index (χ4n) is 3.05. The van der Waals surface area contributed by atoms with E-state index >= 15 is 0 Å². The van der Waals surface area contributed by atoms with Crippen LogP contribution in [0.15, 0.2) is 66.2 Å². The Bertz CT molecular complexity index is 1180. The van der Waals surface area contributed by atoms with Crippen LogP contribution in [0.5, 0.6) is 0 Å². The molecule has 0 unspecified atom stereocenters. The molecule has 4 aromatic rings. The van der Waals surface area contributed by atoms with E-state index in [1.54, 1.807) is 18.7 Å².